The molecule has 1 heterocycles. The van der Waals surface area contributed by atoms with E-state index >= 15 is 0 Å². The topological polar surface area (TPSA) is 49.4 Å². The summed E-state index contributed by atoms with van der Waals surface area (Å²) in [5, 5.41) is 2.72. The first-order chi connectivity index (χ1) is 9.11. The molecule has 1 unspecified atom stereocenters. The average molecular weight is 260 g/mol. The van der Waals surface area contributed by atoms with Gasteiger partial charge in [0, 0.05) is 19.1 Å². The fraction of sp³-hybridized carbons (Fsp3) is 0.467. The van der Waals surface area contributed by atoms with Crippen LogP contribution in [-0.4, -0.2) is 29.3 Å². The van der Waals surface area contributed by atoms with Gasteiger partial charge in [0.25, 0.3) is 0 Å². The van der Waals surface area contributed by atoms with Gasteiger partial charge in [-0.15, -0.1) is 0 Å². The van der Waals surface area contributed by atoms with Crippen LogP contribution in [0.25, 0.3) is 0 Å². The number of benzene rings is 1. The number of nitrogens with one attached hydrogen (secondary N) is 1. The molecule has 1 N–H and O–H groups in total. The highest BCUT2D eigenvalue weighted by Crippen LogP contribution is 2.18. The van der Waals surface area contributed by atoms with E-state index in [0.717, 1.165) is 18.4 Å². The third-order valence-corrected chi connectivity index (χ3v) is 3.60. The zero-order chi connectivity index (χ0) is 13.8. The lowest BCUT2D eigenvalue weighted by molar-refractivity contribution is -0.146. The summed E-state index contributed by atoms with van der Waals surface area (Å²) in [6.07, 6.45) is 1.64. The minimum Gasteiger partial charge on any atom is -0.345 e. The molecule has 0 aliphatic carbocycles. The predicted molar refractivity (Wildman–Crippen MR) is 73.5 cm³/mol. The van der Waals surface area contributed by atoms with Crippen molar-refractivity contribution >= 4 is 11.8 Å². The van der Waals surface area contributed by atoms with E-state index in [1.54, 1.807) is 4.90 Å². The average Bonchev–Trinajstić information content (AvgIpc) is 2.45. The Hall–Kier alpha value is -1.84. The molecule has 1 atom stereocenters. The maximum atomic E-state index is 12.1. The first-order valence-corrected chi connectivity index (χ1v) is 6.78. The molecule has 0 spiro atoms. The van der Waals surface area contributed by atoms with Crippen LogP contribution in [-0.2, 0) is 22.6 Å². The monoisotopic (exact) mass is 260 g/mol. The Morgan fingerprint density at radius 1 is 1.32 bits per heavy atom. The third-order valence-electron chi connectivity index (χ3n) is 3.60. The fourth-order valence-electron chi connectivity index (χ4n) is 2.20. The van der Waals surface area contributed by atoms with Gasteiger partial charge in [0.1, 0.15) is 0 Å². The van der Waals surface area contributed by atoms with Gasteiger partial charge in [-0.1, -0.05) is 31.2 Å². The quantitative estimate of drug-likeness (QED) is 0.819. The molecule has 1 aliphatic rings. The zero-order valence-electron chi connectivity index (χ0n) is 11.5. The van der Waals surface area contributed by atoms with Crippen LogP contribution < -0.4 is 5.32 Å². The van der Waals surface area contributed by atoms with Crippen LogP contribution in [0.4, 0.5) is 0 Å². The number of carbonyl (C=O) groups is 2. The Bertz CT molecular complexity index is 485. The van der Waals surface area contributed by atoms with E-state index in [-0.39, 0.29) is 6.04 Å². The van der Waals surface area contributed by atoms with Gasteiger partial charge in [-0.05, 0) is 30.9 Å². The van der Waals surface area contributed by atoms with Crippen LogP contribution in [0.1, 0.15) is 31.4 Å². The Morgan fingerprint density at radius 3 is 2.68 bits per heavy atom. The van der Waals surface area contributed by atoms with E-state index < -0.39 is 11.8 Å². The lowest BCUT2D eigenvalue weighted by Crippen LogP contribution is -2.47. The van der Waals surface area contributed by atoms with Gasteiger partial charge in [0.15, 0.2) is 0 Å². The first-order valence-electron chi connectivity index (χ1n) is 6.78. The van der Waals surface area contributed by atoms with E-state index in [2.05, 4.69) is 11.4 Å². The molecule has 2 amide bonds. The molecule has 19 heavy (non-hydrogen) atoms. The Balaban J connectivity index is 2.01. The van der Waals surface area contributed by atoms with Gasteiger partial charge in [-0.3, -0.25) is 9.59 Å². The summed E-state index contributed by atoms with van der Waals surface area (Å²) in [4.78, 5) is 25.5. The standard InChI is InChI=1S/C15H20N2O2/c1-3-11(2)16-14(18)15(19)17-9-8-12-6-4-5-7-13(12)10-17/h4-7,11H,3,8-10H2,1-2H3,(H,16,18). The van der Waals surface area contributed by atoms with Gasteiger partial charge in [-0.2, -0.15) is 0 Å². The van der Waals surface area contributed by atoms with E-state index in [1.807, 2.05) is 32.0 Å². The van der Waals surface area contributed by atoms with Gasteiger partial charge >= 0.3 is 11.8 Å². The summed E-state index contributed by atoms with van der Waals surface area (Å²) in [5.74, 6) is -0.913. The Kier molecular flexibility index (Phi) is 4.20. The largest absolute Gasteiger partial charge is 0.345 e. The van der Waals surface area contributed by atoms with Crippen molar-refractivity contribution in [3.05, 3.63) is 35.4 Å². The summed E-state index contributed by atoms with van der Waals surface area (Å²) < 4.78 is 0. The second-order valence-electron chi connectivity index (χ2n) is 5.03. The van der Waals surface area contributed by atoms with E-state index in [0.29, 0.717) is 13.1 Å². The highest BCUT2D eigenvalue weighted by atomic mass is 16.2. The van der Waals surface area contributed by atoms with Crippen LogP contribution in [0.15, 0.2) is 24.3 Å². The Labute approximate surface area is 113 Å². The molecule has 0 radical (unpaired) electrons. The minimum absolute atomic E-state index is 0.0357. The maximum absolute atomic E-state index is 12.1. The van der Waals surface area contributed by atoms with Crippen molar-refractivity contribution in [2.75, 3.05) is 6.54 Å². The molecule has 4 nitrogen and oxygen atoms in total. The van der Waals surface area contributed by atoms with Crippen molar-refractivity contribution < 1.29 is 9.59 Å². The third kappa shape index (κ3) is 3.13. The molecule has 1 aromatic carbocycles. The summed E-state index contributed by atoms with van der Waals surface area (Å²) in [5.41, 5.74) is 2.41. The lowest BCUT2D eigenvalue weighted by atomic mass is 10.00. The lowest BCUT2D eigenvalue weighted by Gasteiger charge is -2.28. The number of rotatable bonds is 2. The van der Waals surface area contributed by atoms with E-state index in [9.17, 15) is 9.59 Å². The fourth-order valence-corrected chi connectivity index (χ4v) is 2.20. The molecule has 4 heteroatoms. The maximum Gasteiger partial charge on any atom is 0.312 e. The molecule has 0 saturated heterocycles. The molecule has 0 fully saturated rings. The molecule has 1 aromatic rings. The number of nitrogens with zero attached hydrogens (tertiary/aromatic N) is 1. The van der Waals surface area contributed by atoms with Crippen LogP contribution in [0.5, 0.6) is 0 Å². The van der Waals surface area contributed by atoms with Gasteiger partial charge in [0.2, 0.25) is 0 Å². The molecule has 0 aromatic heterocycles. The second-order valence-corrected chi connectivity index (χ2v) is 5.03. The number of amides is 2. The number of carbonyl (C=O) groups excluding carboxylic acids is 2. The summed E-state index contributed by atoms with van der Waals surface area (Å²) >= 11 is 0. The van der Waals surface area contributed by atoms with Crippen LogP contribution >= 0.6 is 0 Å². The molecule has 2 rings (SSSR count). The number of hydrogen-bond acceptors (Lipinski definition) is 2. The summed E-state index contributed by atoms with van der Waals surface area (Å²) in [6.45, 7) is 5.02. The van der Waals surface area contributed by atoms with Gasteiger partial charge in [-0.25, -0.2) is 0 Å². The van der Waals surface area contributed by atoms with Crippen molar-refractivity contribution in [1.29, 1.82) is 0 Å². The molecule has 102 valence electrons. The smallest absolute Gasteiger partial charge is 0.312 e. The van der Waals surface area contributed by atoms with E-state index in [4.69, 9.17) is 0 Å². The number of fused-ring (bicyclic) bond motifs is 1. The second kappa shape index (κ2) is 5.87. The van der Waals surface area contributed by atoms with Crippen molar-refractivity contribution in [2.45, 2.75) is 39.3 Å². The normalized spacial score (nSPS) is 15.6. The van der Waals surface area contributed by atoms with Crippen LogP contribution in [0, 0.1) is 0 Å². The van der Waals surface area contributed by atoms with Crippen molar-refractivity contribution in [3.8, 4) is 0 Å². The summed E-state index contributed by atoms with van der Waals surface area (Å²) in [6, 6.07) is 8.10. The SMILES string of the molecule is CCC(C)NC(=O)C(=O)N1CCc2ccccc2C1. The van der Waals surface area contributed by atoms with E-state index in [1.165, 1.54) is 5.56 Å². The van der Waals surface area contributed by atoms with Gasteiger partial charge < -0.3 is 10.2 Å². The molecular formula is C15H20N2O2. The number of hydrogen-bond donors (Lipinski definition) is 1. The highest BCUT2D eigenvalue weighted by molar-refractivity contribution is 6.35. The summed E-state index contributed by atoms with van der Waals surface area (Å²) in [7, 11) is 0. The molecular weight excluding hydrogens is 240 g/mol. The van der Waals surface area contributed by atoms with Crippen molar-refractivity contribution in [1.82, 2.24) is 10.2 Å². The predicted octanol–water partition coefficient (Wildman–Crippen LogP) is 1.49. The molecule has 0 bridgehead atoms. The highest BCUT2D eigenvalue weighted by Gasteiger charge is 2.25. The van der Waals surface area contributed by atoms with Crippen molar-refractivity contribution in [3.63, 3.8) is 0 Å². The van der Waals surface area contributed by atoms with Crippen molar-refractivity contribution in [2.24, 2.45) is 0 Å². The zero-order valence-corrected chi connectivity index (χ0v) is 11.5. The first kappa shape index (κ1) is 13.6. The minimum atomic E-state index is -0.492. The Morgan fingerprint density at radius 2 is 2.00 bits per heavy atom. The van der Waals surface area contributed by atoms with Crippen LogP contribution in [0.3, 0.4) is 0 Å². The molecule has 0 saturated carbocycles. The van der Waals surface area contributed by atoms with Crippen LogP contribution in [0.2, 0.25) is 0 Å². The molecule has 1 aliphatic heterocycles. The van der Waals surface area contributed by atoms with Gasteiger partial charge in [0.05, 0.1) is 0 Å².